The zero-order valence-corrected chi connectivity index (χ0v) is 15.1. The molecule has 0 spiro atoms. The molecule has 2 aromatic carbocycles. The van der Waals surface area contributed by atoms with Crippen LogP contribution in [0.25, 0.3) is 17.1 Å². The van der Waals surface area contributed by atoms with E-state index in [1.165, 1.54) is 6.07 Å². The molecule has 3 N–H and O–H groups in total. The van der Waals surface area contributed by atoms with Gasteiger partial charge in [-0.25, -0.2) is 0 Å². The first-order valence-electron chi connectivity index (χ1n) is 7.92. The number of rotatable bonds is 4. The van der Waals surface area contributed by atoms with Gasteiger partial charge in [0.2, 0.25) is 0 Å². The lowest BCUT2D eigenvalue weighted by Gasteiger charge is -2.15. The van der Waals surface area contributed by atoms with E-state index in [1.807, 2.05) is 50.2 Å². The minimum Gasteiger partial charge on any atom is -0.508 e. The predicted molar refractivity (Wildman–Crippen MR) is 101 cm³/mol. The van der Waals surface area contributed by atoms with Crippen LogP contribution < -0.4 is 4.90 Å². The summed E-state index contributed by atoms with van der Waals surface area (Å²) in [6, 6.07) is 10.9. The highest BCUT2D eigenvalue weighted by molar-refractivity contribution is 7.71. The van der Waals surface area contributed by atoms with Crippen molar-refractivity contribution in [2.24, 2.45) is 0 Å². The average Bonchev–Trinajstić information content (AvgIpc) is 2.96. The third kappa shape index (κ3) is 3.10. The molecule has 0 unspecified atom stereocenters. The molecule has 1 heterocycles. The van der Waals surface area contributed by atoms with Crippen LogP contribution in [-0.2, 0) is 6.42 Å². The van der Waals surface area contributed by atoms with E-state index in [-0.39, 0.29) is 11.5 Å². The fraction of sp³-hybridized carbons (Fsp3) is 0.222. The number of phenols is 2. The van der Waals surface area contributed by atoms with Crippen molar-refractivity contribution in [2.45, 2.75) is 13.3 Å². The Morgan fingerprint density at radius 3 is 2.60 bits per heavy atom. The maximum atomic E-state index is 10.3. The van der Waals surface area contributed by atoms with Gasteiger partial charge in [0.05, 0.1) is 11.3 Å². The number of phenolic OH excluding ortho intramolecular Hbond substituents is 2. The monoisotopic (exact) mass is 356 g/mol. The first kappa shape index (κ1) is 17.0. The fourth-order valence-electron chi connectivity index (χ4n) is 2.71. The highest BCUT2D eigenvalue weighted by Crippen LogP contribution is 2.35. The number of hydrogen-bond acceptors (Lipinski definition) is 5. The van der Waals surface area contributed by atoms with E-state index in [9.17, 15) is 10.2 Å². The summed E-state index contributed by atoms with van der Waals surface area (Å²) >= 11 is 5.39. The summed E-state index contributed by atoms with van der Waals surface area (Å²) in [7, 11) is 3.93. The van der Waals surface area contributed by atoms with E-state index >= 15 is 0 Å². The minimum absolute atomic E-state index is 0.0475. The van der Waals surface area contributed by atoms with Gasteiger partial charge in [0, 0.05) is 25.8 Å². The van der Waals surface area contributed by atoms with Crippen LogP contribution >= 0.6 is 12.2 Å². The molecule has 0 saturated heterocycles. The molecule has 3 aromatic rings. The topological polar surface area (TPSA) is 77.3 Å². The van der Waals surface area contributed by atoms with Gasteiger partial charge < -0.3 is 15.1 Å². The molecule has 25 heavy (non-hydrogen) atoms. The minimum atomic E-state index is -0.0475. The lowest BCUT2D eigenvalue weighted by molar-refractivity contribution is 0.447. The van der Waals surface area contributed by atoms with Crippen molar-refractivity contribution in [3.63, 3.8) is 0 Å². The molecule has 3 rings (SSSR count). The molecule has 1 aromatic heterocycles. The number of H-pyrrole nitrogens is 1. The molecule has 130 valence electrons. The molecule has 0 atom stereocenters. The molecule has 0 bridgehead atoms. The molecule has 0 aliphatic heterocycles. The SMILES string of the molecule is CCc1cc(-c2n[nH]c(=S)n2-c2cccc(N(C)C)c2)c(O)cc1O. The fourth-order valence-corrected chi connectivity index (χ4v) is 2.95. The Bertz CT molecular complexity index is 975. The van der Waals surface area contributed by atoms with E-state index in [2.05, 4.69) is 10.2 Å². The molecule has 0 aliphatic carbocycles. The molecular weight excluding hydrogens is 336 g/mol. The van der Waals surface area contributed by atoms with E-state index in [0.717, 1.165) is 16.9 Å². The molecule has 0 radical (unpaired) electrons. The van der Waals surface area contributed by atoms with E-state index in [4.69, 9.17) is 12.2 Å². The Kier molecular flexibility index (Phi) is 4.50. The van der Waals surface area contributed by atoms with Crippen molar-refractivity contribution in [3.05, 3.63) is 46.7 Å². The van der Waals surface area contributed by atoms with E-state index in [0.29, 0.717) is 22.6 Å². The second kappa shape index (κ2) is 6.60. The van der Waals surface area contributed by atoms with Gasteiger partial charge in [0.1, 0.15) is 11.5 Å². The molecular formula is C18H20N4O2S. The highest BCUT2D eigenvalue weighted by Gasteiger charge is 2.17. The maximum Gasteiger partial charge on any atom is 0.200 e. The van der Waals surface area contributed by atoms with Crippen LogP contribution in [0.4, 0.5) is 5.69 Å². The Hall–Kier alpha value is -2.80. The Labute approximate surface area is 151 Å². The third-order valence-electron chi connectivity index (χ3n) is 4.10. The van der Waals surface area contributed by atoms with Gasteiger partial charge >= 0.3 is 0 Å². The second-order valence-electron chi connectivity index (χ2n) is 5.95. The zero-order valence-electron chi connectivity index (χ0n) is 14.3. The van der Waals surface area contributed by atoms with Crippen LogP contribution in [0.5, 0.6) is 11.5 Å². The molecule has 0 aliphatic rings. The highest BCUT2D eigenvalue weighted by atomic mass is 32.1. The lowest BCUT2D eigenvalue weighted by atomic mass is 10.1. The quantitative estimate of drug-likeness (QED) is 0.622. The molecule has 0 saturated carbocycles. The first-order valence-corrected chi connectivity index (χ1v) is 8.33. The Balaban J connectivity index is 2.22. The molecule has 7 heteroatoms. The van der Waals surface area contributed by atoms with Crippen molar-refractivity contribution < 1.29 is 10.2 Å². The largest absolute Gasteiger partial charge is 0.508 e. The number of hydrogen-bond donors (Lipinski definition) is 3. The third-order valence-corrected chi connectivity index (χ3v) is 4.37. The van der Waals surface area contributed by atoms with Crippen molar-refractivity contribution in [3.8, 4) is 28.6 Å². The number of benzene rings is 2. The van der Waals surface area contributed by atoms with Crippen molar-refractivity contribution in [1.29, 1.82) is 0 Å². The smallest absolute Gasteiger partial charge is 0.200 e. The summed E-state index contributed by atoms with van der Waals surface area (Å²) in [6.45, 7) is 1.94. The summed E-state index contributed by atoms with van der Waals surface area (Å²) < 4.78 is 2.20. The van der Waals surface area contributed by atoms with Crippen molar-refractivity contribution in [1.82, 2.24) is 14.8 Å². The standard InChI is InChI=1S/C18H20N4O2S/c1-4-11-8-14(16(24)10-15(11)23)17-19-20-18(25)22(17)13-7-5-6-12(9-13)21(2)3/h5-10,23-24H,4H2,1-3H3,(H,20,25). The van der Waals surface area contributed by atoms with Crippen LogP contribution in [0.3, 0.4) is 0 Å². The summed E-state index contributed by atoms with van der Waals surface area (Å²) in [5, 5.41) is 27.3. The maximum absolute atomic E-state index is 10.3. The summed E-state index contributed by atoms with van der Waals surface area (Å²) in [4.78, 5) is 2.00. The number of aromatic nitrogens is 3. The summed E-state index contributed by atoms with van der Waals surface area (Å²) in [5.74, 6) is 0.515. The van der Waals surface area contributed by atoms with Gasteiger partial charge in [-0.15, -0.1) is 0 Å². The molecule has 6 nitrogen and oxygen atoms in total. The second-order valence-corrected chi connectivity index (χ2v) is 6.34. The van der Waals surface area contributed by atoms with Gasteiger partial charge in [-0.05, 0) is 48.5 Å². The van der Waals surface area contributed by atoms with Gasteiger partial charge in [-0.3, -0.25) is 9.67 Å². The van der Waals surface area contributed by atoms with Gasteiger partial charge in [0.15, 0.2) is 10.6 Å². The van der Waals surface area contributed by atoms with Crippen molar-refractivity contribution >= 4 is 17.9 Å². The van der Waals surface area contributed by atoms with E-state index < -0.39 is 0 Å². The van der Waals surface area contributed by atoms with Crippen LogP contribution in [0.1, 0.15) is 12.5 Å². The normalized spacial score (nSPS) is 10.8. The number of nitrogens with one attached hydrogen (secondary N) is 1. The first-order chi connectivity index (χ1) is 11.9. The Morgan fingerprint density at radius 2 is 1.92 bits per heavy atom. The molecule has 0 amide bonds. The van der Waals surface area contributed by atoms with Crippen LogP contribution in [0, 0.1) is 4.77 Å². The summed E-state index contributed by atoms with van der Waals surface area (Å²) in [5.41, 5.74) is 3.11. The predicted octanol–water partition coefficient (Wildman–Crippen LogP) is 3.64. The number of anilines is 1. The lowest BCUT2D eigenvalue weighted by Crippen LogP contribution is -2.09. The average molecular weight is 356 g/mol. The Morgan fingerprint density at radius 1 is 1.16 bits per heavy atom. The molecule has 0 fully saturated rings. The van der Waals surface area contributed by atoms with Crippen LogP contribution in [0.15, 0.2) is 36.4 Å². The van der Waals surface area contributed by atoms with E-state index in [1.54, 1.807) is 10.6 Å². The van der Waals surface area contributed by atoms with Crippen molar-refractivity contribution in [2.75, 3.05) is 19.0 Å². The number of aromatic hydroxyl groups is 2. The van der Waals surface area contributed by atoms with Gasteiger partial charge in [-0.2, -0.15) is 5.10 Å². The number of aryl methyl sites for hydroxylation is 1. The zero-order chi connectivity index (χ0) is 18.1. The van der Waals surface area contributed by atoms with Crippen LogP contribution in [0.2, 0.25) is 0 Å². The van der Waals surface area contributed by atoms with Gasteiger partial charge in [0.25, 0.3) is 0 Å². The number of aromatic amines is 1. The number of nitrogens with zero attached hydrogens (tertiary/aromatic N) is 3. The van der Waals surface area contributed by atoms with Crippen LogP contribution in [-0.4, -0.2) is 39.1 Å². The van der Waals surface area contributed by atoms with Gasteiger partial charge in [-0.1, -0.05) is 13.0 Å². The summed E-state index contributed by atoms with van der Waals surface area (Å²) in [6.07, 6.45) is 0.639.